The van der Waals surface area contributed by atoms with Gasteiger partial charge in [0.05, 0.1) is 22.4 Å². The first kappa shape index (κ1) is 19.5. The lowest BCUT2D eigenvalue weighted by molar-refractivity contribution is -0.384. The zero-order valence-electron chi connectivity index (χ0n) is 16.2. The Labute approximate surface area is 172 Å². The summed E-state index contributed by atoms with van der Waals surface area (Å²) >= 11 is 0. The average Bonchev–Trinajstić information content (AvgIpc) is 2.98. The molecule has 1 heterocycles. The molecule has 152 valence electrons. The Hall–Kier alpha value is -3.81. The third kappa shape index (κ3) is 3.47. The van der Waals surface area contributed by atoms with Crippen LogP contribution in [0.15, 0.2) is 60.2 Å². The topological polar surface area (TPSA) is 110 Å². The van der Waals surface area contributed by atoms with E-state index in [-0.39, 0.29) is 29.3 Å². The number of hydrogen-bond acceptors (Lipinski definition) is 5. The fourth-order valence-electron chi connectivity index (χ4n) is 3.95. The number of amides is 3. The lowest BCUT2D eigenvalue weighted by Gasteiger charge is -2.18. The number of nitrogens with zero attached hydrogens (tertiary/aromatic N) is 2. The molecule has 1 aliphatic heterocycles. The van der Waals surface area contributed by atoms with Gasteiger partial charge in [-0.3, -0.25) is 29.4 Å². The van der Waals surface area contributed by atoms with Crippen molar-refractivity contribution in [2.45, 2.75) is 19.8 Å². The molecule has 0 spiro atoms. The van der Waals surface area contributed by atoms with Crippen LogP contribution in [0, 0.1) is 22.0 Å². The van der Waals surface area contributed by atoms with Crippen LogP contribution in [-0.4, -0.2) is 22.6 Å². The van der Waals surface area contributed by atoms with Crippen molar-refractivity contribution >= 4 is 34.8 Å². The Kier molecular flexibility index (Phi) is 4.91. The van der Waals surface area contributed by atoms with E-state index in [0.29, 0.717) is 29.8 Å². The summed E-state index contributed by atoms with van der Waals surface area (Å²) in [6.07, 6.45) is 3.17. The number of anilines is 2. The molecular weight excluding hydrogens is 386 g/mol. The van der Waals surface area contributed by atoms with E-state index >= 15 is 0 Å². The van der Waals surface area contributed by atoms with Crippen molar-refractivity contribution in [2.75, 3.05) is 10.2 Å². The highest BCUT2D eigenvalue weighted by Gasteiger charge is 2.48. The second-order valence-corrected chi connectivity index (χ2v) is 7.52. The molecule has 1 fully saturated rings. The molecule has 0 unspecified atom stereocenters. The summed E-state index contributed by atoms with van der Waals surface area (Å²) in [6, 6.07) is 11.8. The van der Waals surface area contributed by atoms with Crippen LogP contribution in [0.2, 0.25) is 0 Å². The number of carbonyl (C=O) groups excluding carboxylic acids is 3. The molecule has 2 aromatic carbocycles. The largest absolute Gasteiger partial charge is 0.322 e. The fraction of sp³-hybridized carbons (Fsp3) is 0.227. The van der Waals surface area contributed by atoms with E-state index in [4.69, 9.17) is 0 Å². The van der Waals surface area contributed by atoms with Crippen molar-refractivity contribution in [3.63, 3.8) is 0 Å². The third-order valence-corrected chi connectivity index (χ3v) is 5.53. The van der Waals surface area contributed by atoms with Gasteiger partial charge in [-0.05, 0) is 50.1 Å². The number of fused-ring (bicyclic) bond motifs is 1. The number of rotatable bonds is 4. The van der Waals surface area contributed by atoms with Gasteiger partial charge in [-0.15, -0.1) is 0 Å². The zero-order valence-corrected chi connectivity index (χ0v) is 16.2. The number of allylic oxidation sites excluding steroid dienone is 2. The van der Waals surface area contributed by atoms with Gasteiger partial charge in [0.2, 0.25) is 11.8 Å². The number of nitrogens with one attached hydrogen (secondary N) is 1. The molecule has 2 atom stereocenters. The average molecular weight is 405 g/mol. The van der Waals surface area contributed by atoms with Crippen molar-refractivity contribution in [1.29, 1.82) is 0 Å². The molecule has 1 N–H and O–H groups in total. The van der Waals surface area contributed by atoms with Gasteiger partial charge in [0.25, 0.3) is 11.6 Å². The molecule has 30 heavy (non-hydrogen) atoms. The van der Waals surface area contributed by atoms with Crippen LogP contribution in [0.1, 0.15) is 30.1 Å². The van der Waals surface area contributed by atoms with Crippen molar-refractivity contribution in [3.05, 3.63) is 75.9 Å². The number of nitro benzene ring substituents is 1. The van der Waals surface area contributed by atoms with E-state index in [2.05, 4.69) is 5.32 Å². The Bertz CT molecular complexity index is 1090. The molecule has 2 aromatic rings. The van der Waals surface area contributed by atoms with Gasteiger partial charge in [0, 0.05) is 23.4 Å². The summed E-state index contributed by atoms with van der Waals surface area (Å²) in [5, 5.41) is 13.5. The van der Waals surface area contributed by atoms with Crippen LogP contribution in [0.5, 0.6) is 0 Å². The first-order valence-corrected chi connectivity index (χ1v) is 9.54. The van der Waals surface area contributed by atoms with Gasteiger partial charge in [0.15, 0.2) is 0 Å². The summed E-state index contributed by atoms with van der Waals surface area (Å²) in [5.74, 6) is -1.50. The highest BCUT2D eigenvalue weighted by Crippen LogP contribution is 2.39. The Morgan fingerprint density at radius 2 is 1.80 bits per heavy atom. The molecule has 2 aliphatic rings. The number of benzene rings is 2. The molecule has 0 saturated carbocycles. The Morgan fingerprint density at radius 1 is 1.10 bits per heavy atom. The molecule has 4 rings (SSSR count). The van der Waals surface area contributed by atoms with Crippen molar-refractivity contribution < 1.29 is 19.3 Å². The zero-order chi connectivity index (χ0) is 21.4. The van der Waals surface area contributed by atoms with Crippen LogP contribution in [0.4, 0.5) is 17.1 Å². The second-order valence-electron chi connectivity index (χ2n) is 7.52. The minimum atomic E-state index is -0.539. The maximum absolute atomic E-state index is 12.8. The molecular formula is C22H19N3O5. The predicted molar refractivity (Wildman–Crippen MR) is 110 cm³/mol. The SMILES string of the molecule is CC1=CC[C@@H]2C(=O)N(c3ccc(C(=O)Nc4cccc([N+](=O)[O-])c4)cc3)C(=O)[C@@H]2C1. The van der Waals surface area contributed by atoms with Gasteiger partial charge in [-0.1, -0.05) is 17.7 Å². The standard InChI is InChI=1S/C22H19N3O5/c1-13-5-10-18-19(11-13)22(28)24(21(18)27)16-8-6-14(7-9-16)20(26)23-15-3-2-4-17(12-15)25(29)30/h2-9,12,18-19H,10-11H2,1H3,(H,23,26)/t18-,19+/m0/s1. The number of imide groups is 1. The summed E-state index contributed by atoms with van der Waals surface area (Å²) in [6.45, 7) is 1.96. The first-order valence-electron chi connectivity index (χ1n) is 9.54. The first-order chi connectivity index (χ1) is 14.3. The fourth-order valence-corrected chi connectivity index (χ4v) is 3.95. The van der Waals surface area contributed by atoms with Gasteiger partial charge >= 0.3 is 0 Å². The third-order valence-electron chi connectivity index (χ3n) is 5.53. The van der Waals surface area contributed by atoms with Gasteiger partial charge in [0.1, 0.15) is 0 Å². The van der Waals surface area contributed by atoms with Crippen LogP contribution < -0.4 is 10.2 Å². The second kappa shape index (κ2) is 7.55. The summed E-state index contributed by atoms with van der Waals surface area (Å²) in [7, 11) is 0. The minimum Gasteiger partial charge on any atom is -0.322 e. The molecule has 1 saturated heterocycles. The van der Waals surface area contributed by atoms with E-state index in [9.17, 15) is 24.5 Å². The Morgan fingerprint density at radius 3 is 2.50 bits per heavy atom. The molecule has 3 amide bonds. The highest BCUT2D eigenvalue weighted by atomic mass is 16.6. The van der Waals surface area contributed by atoms with Crippen LogP contribution >= 0.6 is 0 Å². The normalized spacial score (nSPS) is 20.6. The molecule has 0 aromatic heterocycles. The van der Waals surface area contributed by atoms with E-state index in [0.717, 1.165) is 5.57 Å². The monoisotopic (exact) mass is 405 g/mol. The number of hydrogen-bond donors (Lipinski definition) is 1. The Balaban J connectivity index is 1.50. The molecule has 0 radical (unpaired) electrons. The summed E-state index contributed by atoms with van der Waals surface area (Å²) in [5.41, 5.74) is 2.03. The maximum Gasteiger partial charge on any atom is 0.271 e. The number of non-ortho nitro benzene ring substituents is 1. The van der Waals surface area contributed by atoms with Crippen molar-refractivity contribution in [3.8, 4) is 0 Å². The predicted octanol–water partition coefficient (Wildman–Crippen LogP) is 3.69. The molecule has 0 bridgehead atoms. The van der Waals surface area contributed by atoms with E-state index in [1.165, 1.54) is 35.2 Å². The molecule has 8 heteroatoms. The summed E-state index contributed by atoms with van der Waals surface area (Å²) < 4.78 is 0. The van der Waals surface area contributed by atoms with Crippen molar-refractivity contribution in [2.24, 2.45) is 11.8 Å². The minimum absolute atomic E-state index is 0.125. The number of nitro groups is 1. The van der Waals surface area contributed by atoms with Gasteiger partial charge in [-0.2, -0.15) is 0 Å². The lowest BCUT2D eigenvalue weighted by Crippen LogP contribution is -2.30. The van der Waals surface area contributed by atoms with E-state index in [1.54, 1.807) is 18.2 Å². The van der Waals surface area contributed by atoms with Crippen molar-refractivity contribution in [1.82, 2.24) is 0 Å². The molecule has 8 nitrogen and oxygen atoms in total. The lowest BCUT2D eigenvalue weighted by atomic mass is 9.82. The summed E-state index contributed by atoms with van der Waals surface area (Å²) in [4.78, 5) is 49.5. The maximum atomic E-state index is 12.8. The van der Waals surface area contributed by atoms with Crippen LogP contribution in [-0.2, 0) is 9.59 Å². The molecule has 1 aliphatic carbocycles. The van der Waals surface area contributed by atoms with E-state index < -0.39 is 10.8 Å². The quantitative estimate of drug-likeness (QED) is 0.361. The smallest absolute Gasteiger partial charge is 0.271 e. The van der Waals surface area contributed by atoms with Gasteiger partial charge < -0.3 is 5.32 Å². The van der Waals surface area contributed by atoms with Crippen LogP contribution in [0.3, 0.4) is 0 Å². The van der Waals surface area contributed by atoms with E-state index in [1.807, 2.05) is 13.0 Å². The number of carbonyl (C=O) groups is 3. The van der Waals surface area contributed by atoms with Gasteiger partial charge in [-0.25, -0.2) is 0 Å². The van der Waals surface area contributed by atoms with Crippen LogP contribution in [0.25, 0.3) is 0 Å². The highest BCUT2D eigenvalue weighted by molar-refractivity contribution is 6.22.